The normalized spacial score (nSPS) is 26.0. The number of rotatable bonds is 3. The van der Waals surface area contributed by atoms with Gasteiger partial charge < -0.3 is 10.1 Å². The lowest BCUT2D eigenvalue weighted by atomic mass is 10.0. The third-order valence-corrected chi connectivity index (χ3v) is 3.83. The number of hydrogen-bond donors (Lipinski definition) is 1. The van der Waals surface area contributed by atoms with E-state index in [-0.39, 0.29) is 23.2 Å². The number of ether oxygens (including phenoxy) is 1. The summed E-state index contributed by atoms with van der Waals surface area (Å²) in [6.07, 6.45) is 3.80. The van der Waals surface area contributed by atoms with Gasteiger partial charge in [-0.15, -0.1) is 0 Å². The van der Waals surface area contributed by atoms with Gasteiger partial charge in [0, 0.05) is 23.8 Å². The van der Waals surface area contributed by atoms with E-state index in [1.165, 1.54) is 18.2 Å². The van der Waals surface area contributed by atoms with Crippen molar-refractivity contribution >= 4 is 0 Å². The maximum absolute atomic E-state index is 13.8. The maximum atomic E-state index is 13.8. The van der Waals surface area contributed by atoms with E-state index < -0.39 is 0 Å². The van der Waals surface area contributed by atoms with Crippen molar-refractivity contribution in [1.29, 1.82) is 0 Å². The van der Waals surface area contributed by atoms with Gasteiger partial charge >= 0.3 is 0 Å². The summed E-state index contributed by atoms with van der Waals surface area (Å²) in [5.74, 6) is -0.697. The van der Waals surface area contributed by atoms with Crippen LogP contribution in [-0.2, 0) is 10.3 Å². The second kappa shape index (κ2) is 4.59. The highest BCUT2D eigenvalue weighted by Gasteiger charge is 2.47. The van der Waals surface area contributed by atoms with Crippen molar-refractivity contribution in [2.24, 2.45) is 0 Å². The third kappa shape index (κ3) is 2.27. The lowest BCUT2D eigenvalue weighted by Crippen LogP contribution is -2.43. The van der Waals surface area contributed by atoms with Crippen molar-refractivity contribution in [2.45, 2.75) is 37.3 Å². The van der Waals surface area contributed by atoms with E-state index >= 15 is 0 Å². The second-order valence-corrected chi connectivity index (χ2v) is 5.26. The Morgan fingerprint density at radius 2 is 2.11 bits per heavy atom. The van der Waals surface area contributed by atoms with Crippen LogP contribution >= 0.6 is 0 Å². The van der Waals surface area contributed by atoms with Crippen LogP contribution in [0.3, 0.4) is 0 Å². The lowest BCUT2D eigenvalue weighted by Gasteiger charge is -2.29. The highest BCUT2D eigenvalue weighted by atomic mass is 19.1. The van der Waals surface area contributed by atoms with Gasteiger partial charge in [-0.3, -0.25) is 0 Å². The summed E-state index contributed by atoms with van der Waals surface area (Å²) >= 11 is 0. The molecule has 0 bridgehead atoms. The van der Waals surface area contributed by atoms with Gasteiger partial charge in [-0.1, -0.05) is 0 Å². The topological polar surface area (TPSA) is 21.3 Å². The van der Waals surface area contributed by atoms with E-state index in [1.54, 1.807) is 0 Å². The fourth-order valence-corrected chi connectivity index (χ4v) is 2.73. The maximum Gasteiger partial charge on any atom is 0.128 e. The van der Waals surface area contributed by atoms with Crippen molar-refractivity contribution in [1.82, 2.24) is 5.32 Å². The van der Waals surface area contributed by atoms with Crippen LogP contribution in [0.2, 0.25) is 0 Å². The Balaban J connectivity index is 1.79. The van der Waals surface area contributed by atoms with E-state index in [1.807, 2.05) is 0 Å². The van der Waals surface area contributed by atoms with Crippen LogP contribution in [0.25, 0.3) is 0 Å². The Labute approximate surface area is 105 Å². The van der Waals surface area contributed by atoms with Gasteiger partial charge in [0.15, 0.2) is 0 Å². The van der Waals surface area contributed by atoms with Gasteiger partial charge in [0.05, 0.1) is 6.61 Å². The molecule has 1 saturated carbocycles. The fourth-order valence-electron chi connectivity index (χ4n) is 2.73. The van der Waals surface area contributed by atoms with Crippen molar-refractivity contribution in [3.63, 3.8) is 0 Å². The Morgan fingerprint density at radius 3 is 2.78 bits per heavy atom. The molecule has 1 unspecified atom stereocenters. The first kappa shape index (κ1) is 12.1. The largest absolute Gasteiger partial charge is 0.380 e. The van der Waals surface area contributed by atoms with E-state index in [0.717, 1.165) is 32.3 Å². The van der Waals surface area contributed by atoms with Gasteiger partial charge in [-0.25, -0.2) is 8.78 Å². The average molecular weight is 253 g/mol. The Kier molecular flexibility index (Phi) is 3.08. The summed E-state index contributed by atoms with van der Waals surface area (Å²) in [5.41, 5.74) is 0.102. The minimum atomic E-state index is -0.376. The highest BCUT2D eigenvalue weighted by Crippen LogP contribution is 2.47. The van der Waals surface area contributed by atoms with Gasteiger partial charge in [0.2, 0.25) is 0 Å². The molecular weight excluding hydrogens is 236 g/mol. The van der Waals surface area contributed by atoms with Crippen LogP contribution < -0.4 is 5.32 Å². The molecule has 2 fully saturated rings. The standard InChI is InChI=1S/C14H17F2NO/c15-10-3-4-13(16)12(8-10)14(5-6-14)17-11-2-1-7-18-9-11/h3-4,8,11,17H,1-2,5-7,9H2. The number of benzene rings is 1. The molecule has 1 aliphatic heterocycles. The molecule has 0 spiro atoms. The summed E-state index contributed by atoms with van der Waals surface area (Å²) in [6.45, 7) is 1.47. The van der Waals surface area contributed by atoms with Crippen molar-refractivity contribution < 1.29 is 13.5 Å². The van der Waals surface area contributed by atoms with Crippen LogP contribution in [0.5, 0.6) is 0 Å². The predicted molar refractivity (Wildman–Crippen MR) is 64.2 cm³/mol. The first-order valence-corrected chi connectivity index (χ1v) is 6.51. The summed E-state index contributed by atoms with van der Waals surface area (Å²) in [6, 6.07) is 3.95. The summed E-state index contributed by atoms with van der Waals surface area (Å²) in [5, 5.41) is 3.46. The molecule has 1 aromatic rings. The van der Waals surface area contributed by atoms with Gasteiger partial charge in [0.1, 0.15) is 11.6 Å². The summed E-state index contributed by atoms with van der Waals surface area (Å²) in [7, 11) is 0. The molecule has 1 aromatic carbocycles. The van der Waals surface area contributed by atoms with Gasteiger partial charge in [-0.2, -0.15) is 0 Å². The van der Waals surface area contributed by atoms with Crippen LogP contribution in [-0.4, -0.2) is 19.3 Å². The first-order chi connectivity index (χ1) is 8.70. The van der Waals surface area contributed by atoms with E-state index in [4.69, 9.17) is 4.74 Å². The molecule has 3 rings (SSSR count). The minimum absolute atomic E-state index is 0.254. The number of halogens is 2. The molecule has 1 saturated heterocycles. The minimum Gasteiger partial charge on any atom is -0.380 e. The van der Waals surface area contributed by atoms with Crippen LogP contribution in [0, 0.1) is 11.6 Å². The molecule has 1 heterocycles. The Morgan fingerprint density at radius 1 is 1.28 bits per heavy atom. The zero-order valence-corrected chi connectivity index (χ0v) is 10.2. The molecule has 0 aromatic heterocycles. The lowest BCUT2D eigenvalue weighted by molar-refractivity contribution is 0.0645. The van der Waals surface area contributed by atoms with Crippen LogP contribution in [0.15, 0.2) is 18.2 Å². The van der Waals surface area contributed by atoms with Gasteiger partial charge in [0.25, 0.3) is 0 Å². The zero-order chi connectivity index (χ0) is 12.6. The summed E-state index contributed by atoms with van der Waals surface area (Å²) < 4.78 is 32.5. The molecule has 2 nitrogen and oxygen atoms in total. The Bertz CT molecular complexity index is 439. The van der Waals surface area contributed by atoms with Crippen LogP contribution in [0.1, 0.15) is 31.2 Å². The van der Waals surface area contributed by atoms with Gasteiger partial charge in [-0.05, 0) is 43.9 Å². The molecule has 2 aliphatic rings. The Hall–Kier alpha value is -1.00. The second-order valence-electron chi connectivity index (χ2n) is 5.26. The van der Waals surface area contributed by atoms with Crippen molar-refractivity contribution in [2.75, 3.05) is 13.2 Å². The summed E-state index contributed by atoms with van der Waals surface area (Å²) in [4.78, 5) is 0. The molecular formula is C14H17F2NO. The SMILES string of the molecule is Fc1ccc(F)c(C2(NC3CCCOC3)CC2)c1. The molecule has 4 heteroatoms. The molecule has 0 radical (unpaired) electrons. The fraction of sp³-hybridized carbons (Fsp3) is 0.571. The smallest absolute Gasteiger partial charge is 0.128 e. The number of hydrogen-bond acceptors (Lipinski definition) is 2. The van der Waals surface area contributed by atoms with E-state index in [9.17, 15) is 8.78 Å². The third-order valence-electron chi connectivity index (χ3n) is 3.83. The number of nitrogens with one attached hydrogen (secondary N) is 1. The average Bonchev–Trinajstić information content (AvgIpc) is 3.14. The first-order valence-electron chi connectivity index (χ1n) is 6.51. The van der Waals surface area contributed by atoms with E-state index in [2.05, 4.69) is 5.32 Å². The predicted octanol–water partition coefficient (Wildman–Crippen LogP) is 2.72. The molecule has 1 atom stereocenters. The van der Waals surface area contributed by atoms with Crippen molar-refractivity contribution in [3.05, 3.63) is 35.4 Å². The highest BCUT2D eigenvalue weighted by molar-refractivity contribution is 5.32. The molecule has 0 amide bonds. The quantitative estimate of drug-likeness (QED) is 0.894. The van der Waals surface area contributed by atoms with Crippen LogP contribution in [0.4, 0.5) is 8.78 Å². The molecule has 18 heavy (non-hydrogen) atoms. The zero-order valence-electron chi connectivity index (χ0n) is 10.2. The molecule has 98 valence electrons. The van der Waals surface area contributed by atoms with Crippen molar-refractivity contribution in [3.8, 4) is 0 Å². The monoisotopic (exact) mass is 253 g/mol. The molecule has 1 N–H and O–H groups in total. The molecule has 1 aliphatic carbocycles. The van der Waals surface area contributed by atoms with E-state index in [0.29, 0.717) is 12.2 Å².